The Morgan fingerprint density at radius 1 is 1.10 bits per heavy atom. The second kappa shape index (κ2) is 14.4. The molecule has 11 heteroatoms. The van der Waals surface area contributed by atoms with Gasteiger partial charge in [-0.05, 0) is 67.9 Å². The zero-order valence-electron chi connectivity index (χ0n) is 24.5. The van der Waals surface area contributed by atoms with Crippen LogP contribution < -0.4 is 14.8 Å². The Morgan fingerprint density at radius 3 is 2.48 bits per heavy atom. The number of likely N-dealkylation sites (tertiary alicyclic amines) is 1. The van der Waals surface area contributed by atoms with Crippen LogP contribution in [0.15, 0.2) is 36.4 Å². The number of carbonyl (C=O) groups excluding carboxylic acids is 3. The quantitative estimate of drug-likeness (QED) is 0.343. The van der Waals surface area contributed by atoms with Crippen LogP contribution in [0, 0.1) is 5.92 Å². The summed E-state index contributed by atoms with van der Waals surface area (Å²) in [5.74, 6) is -0.286. The van der Waals surface area contributed by atoms with Gasteiger partial charge in [-0.3, -0.25) is 14.4 Å². The summed E-state index contributed by atoms with van der Waals surface area (Å²) in [4.78, 5) is 46.5. The molecule has 1 aliphatic heterocycles. The average molecular weight is 587 g/mol. The van der Waals surface area contributed by atoms with Gasteiger partial charge in [0.2, 0.25) is 11.8 Å². The fourth-order valence-corrected chi connectivity index (χ4v) is 5.26. The number of alkyl halides is 2. The van der Waals surface area contributed by atoms with E-state index in [-0.39, 0.29) is 41.7 Å². The summed E-state index contributed by atoms with van der Waals surface area (Å²) in [6.07, 6.45) is 4.14. The summed E-state index contributed by atoms with van der Waals surface area (Å²) < 4.78 is 36.4. The summed E-state index contributed by atoms with van der Waals surface area (Å²) in [5.41, 5.74) is 1.65. The maximum atomic E-state index is 13.3. The number of hydrogen-bond donors (Lipinski definition) is 1. The standard InChI is InChI=1S/C31H40F2N4O5/c1-4-13-36(14-5-2)30(40)25-8-6-7-24(35-25)17-34-29(39)26-15-23(18-37(26)20(3)38)22-11-12-27(42-31(32)33)28(16-22)41-19-21-9-10-21/h6-8,11-12,16,21,23,26,31H,4-5,9-10,13-15,17-19H2,1-3H3,(H,34,39). The predicted octanol–water partition coefficient (Wildman–Crippen LogP) is 4.75. The van der Waals surface area contributed by atoms with E-state index < -0.39 is 12.7 Å². The van der Waals surface area contributed by atoms with Gasteiger partial charge in [0.1, 0.15) is 11.7 Å². The third-order valence-electron chi connectivity index (χ3n) is 7.58. The minimum atomic E-state index is -2.98. The summed E-state index contributed by atoms with van der Waals surface area (Å²) >= 11 is 0. The van der Waals surface area contributed by atoms with Crippen LogP contribution in [-0.4, -0.2) is 71.4 Å². The lowest BCUT2D eigenvalue weighted by Crippen LogP contribution is -2.45. The first-order chi connectivity index (χ1) is 20.2. The molecule has 9 nitrogen and oxygen atoms in total. The van der Waals surface area contributed by atoms with E-state index in [2.05, 4.69) is 15.0 Å². The lowest BCUT2D eigenvalue weighted by Gasteiger charge is -2.22. The highest BCUT2D eigenvalue weighted by molar-refractivity contribution is 5.92. The molecule has 4 rings (SSSR count). The van der Waals surface area contributed by atoms with E-state index >= 15 is 0 Å². The van der Waals surface area contributed by atoms with Crippen LogP contribution in [-0.2, 0) is 16.1 Å². The molecular formula is C31H40F2N4O5. The summed E-state index contributed by atoms with van der Waals surface area (Å²) in [6.45, 7) is 4.61. The Balaban J connectivity index is 1.43. The van der Waals surface area contributed by atoms with Gasteiger partial charge in [-0.25, -0.2) is 4.98 Å². The molecule has 42 heavy (non-hydrogen) atoms. The largest absolute Gasteiger partial charge is 0.489 e. The monoisotopic (exact) mass is 586 g/mol. The number of amides is 3. The second-order valence-corrected chi connectivity index (χ2v) is 11.0. The van der Waals surface area contributed by atoms with Crippen LogP contribution in [0.4, 0.5) is 8.78 Å². The summed E-state index contributed by atoms with van der Waals surface area (Å²) in [7, 11) is 0. The van der Waals surface area contributed by atoms with E-state index in [4.69, 9.17) is 4.74 Å². The second-order valence-electron chi connectivity index (χ2n) is 11.0. The van der Waals surface area contributed by atoms with Crippen LogP contribution in [0.2, 0.25) is 0 Å². The van der Waals surface area contributed by atoms with E-state index in [1.807, 2.05) is 13.8 Å². The first-order valence-corrected chi connectivity index (χ1v) is 14.7. The van der Waals surface area contributed by atoms with Gasteiger partial charge in [0.25, 0.3) is 5.91 Å². The Morgan fingerprint density at radius 2 is 1.83 bits per heavy atom. The van der Waals surface area contributed by atoms with E-state index in [0.29, 0.717) is 50.0 Å². The third kappa shape index (κ3) is 8.17. The van der Waals surface area contributed by atoms with E-state index in [0.717, 1.165) is 31.2 Å². The van der Waals surface area contributed by atoms with Crippen molar-refractivity contribution in [3.8, 4) is 11.5 Å². The van der Waals surface area contributed by atoms with E-state index in [9.17, 15) is 23.2 Å². The number of rotatable bonds is 14. The van der Waals surface area contributed by atoms with E-state index in [1.54, 1.807) is 35.2 Å². The molecule has 3 amide bonds. The zero-order chi connectivity index (χ0) is 30.2. The molecule has 1 saturated carbocycles. The molecule has 228 valence electrons. The molecule has 1 aliphatic carbocycles. The van der Waals surface area contributed by atoms with Crippen molar-refractivity contribution in [3.05, 3.63) is 53.3 Å². The van der Waals surface area contributed by atoms with Crippen molar-refractivity contribution in [1.82, 2.24) is 20.1 Å². The van der Waals surface area contributed by atoms with Gasteiger partial charge in [0.05, 0.1) is 18.8 Å². The van der Waals surface area contributed by atoms with Crippen LogP contribution in [0.1, 0.15) is 80.5 Å². The first kappa shape index (κ1) is 31.2. The van der Waals surface area contributed by atoms with Gasteiger partial charge in [-0.2, -0.15) is 8.78 Å². The highest BCUT2D eigenvalue weighted by Gasteiger charge is 2.39. The molecule has 2 heterocycles. The minimum absolute atomic E-state index is 0.0363. The van der Waals surface area contributed by atoms with Gasteiger partial charge >= 0.3 is 6.61 Å². The maximum Gasteiger partial charge on any atom is 0.387 e. The highest BCUT2D eigenvalue weighted by Crippen LogP contribution is 2.39. The van der Waals surface area contributed by atoms with Crippen molar-refractivity contribution < 1.29 is 32.6 Å². The van der Waals surface area contributed by atoms with Crippen molar-refractivity contribution >= 4 is 17.7 Å². The molecule has 1 N–H and O–H groups in total. The number of nitrogens with one attached hydrogen (secondary N) is 1. The normalized spacial score (nSPS) is 18.2. The van der Waals surface area contributed by atoms with Crippen LogP contribution in [0.25, 0.3) is 0 Å². The number of hydrogen-bond acceptors (Lipinski definition) is 6. The molecule has 1 aromatic carbocycles. The van der Waals surface area contributed by atoms with Crippen molar-refractivity contribution in [2.24, 2.45) is 5.92 Å². The van der Waals surface area contributed by atoms with Crippen LogP contribution in [0.3, 0.4) is 0 Å². The molecule has 2 aromatic rings. The van der Waals surface area contributed by atoms with Gasteiger partial charge in [-0.15, -0.1) is 0 Å². The summed E-state index contributed by atoms with van der Waals surface area (Å²) in [6, 6.07) is 9.26. The van der Waals surface area contributed by atoms with Gasteiger partial charge < -0.3 is 24.6 Å². The molecule has 0 spiro atoms. The highest BCUT2D eigenvalue weighted by atomic mass is 19.3. The topological polar surface area (TPSA) is 101 Å². The number of pyridine rings is 1. The molecule has 1 aromatic heterocycles. The van der Waals surface area contributed by atoms with Crippen LogP contribution in [0.5, 0.6) is 11.5 Å². The van der Waals surface area contributed by atoms with Crippen molar-refractivity contribution in [2.45, 2.75) is 78.0 Å². The Hall–Kier alpha value is -3.76. The Kier molecular flexibility index (Phi) is 10.7. The molecule has 2 aliphatic rings. The fraction of sp³-hybridized carbons (Fsp3) is 0.548. The van der Waals surface area contributed by atoms with Gasteiger partial charge in [-0.1, -0.05) is 26.0 Å². The van der Waals surface area contributed by atoms with Gasteiger partial charge in [0.15, 0.2) is 11.5 Å². The first-order valence-electron chi connectivity index (χ1n) is 14.7. The molecule has 2 fully saturated rings. The van der Waals surface area contributed by atoms with Crippen LogP contribution >= 0.6 is 0 Å². The van der Waals surface area contributed by atoms with Crippen molar-refractivity contribution in [1.29, 1.82) is 0 Å². The number of carbonyl (C=O) groups is 3. The lowest BCUT2D eigenvalue weighted by molar-refractivity contribution is -0.136. The van der Waals surface area contributed by atoms with Crippen molar-refractivity contribution in [2.75, 3.05) is 26.2 Å². The Bertz CT molecular complexity index is 1250. The zero-order valence-corrected chi connectivity index (χ0v) is 24.5. The molecular weight excluding hydrogens is 546 g/mol. The smallest absolute Gasteiger partial charge is 0.387 e. The molecule has 2 atom stereocenters. The predicted molar refractivity (Wildman–Crippen MR) is 152 cm³/mol. The number of aromatic nitrogens is 1. The number of nitrogens with zero attached hydrogens (tertiary/aromatic N) is 3. The molecule has 1 saturated heterocycles. The fourth-order valence-electron chi connectivity index (χ4n) is 5.26. The number of ether oxygens (including phenoxy) is 2. The molecule has 0 bridgehead atoms. The summed E-state index contributed by atoms with van der Waals surface area (Å²) in [5, 5.41) is 2.88. The molecule has 2 unspecified atom stereocenters. The van der Waals surface area contributed by atoms with Crippen molar-refractivity contribution in [3.63, 3.8) is 0 Å². The lowest BCUT2D eigenvalue weighted by atomic mass is 9.95. The molecule has 0 radical (unpaired) electrons. The number of benzene rings is 1. The van der Waals surface area contributed by atoms with E-state index in [1.165, 1.54) is 17.9 Å². The number of halogens is 2. The third-order valence-corrected chi connectivity index (χ3v) is 7.58. The maximum absolute atomic E-state index is 13.3. The Labute approximate surface area is 245 Å². The average Bonchev–Trinajstić information content (AvgIpc) is 3.69. The van der Waals surface area contributed by atoms with Gasteiger partial charge in [0, 0.05) is 32.5 Å². The SMILES string of the molecule is CCCN(CCC)C(=O)c1cccc(CNC(=O)C2CC(c3ccc(OC(F)F)c(OCC4CC4)c3)CN2C(C)=O)n1. The minimum Gasteiger partial charge on any atom is -0.489 e.